The van der Waals surface area contributed by atoms with Crippen molar-refractivity contribution < 1.29 is 9.59 Å². The standard InChI is InChI=1S/C7H9N3O2/c1-2-6(11)10-4-5(3-8)7(9)12/h2-4H,1,8H2,(H2,9,12). The zero-order valence-electron chi connectivity index (χ0n) is 6.36. The number of aliphatic imine (C=N–C) groups is 1. The Labute approximate surface area is 69.4 Å². The lowest BCUT2D eigenvalue weighted by Crippen LogP contribution is -2.16. The van der Waals surface area contributed by atoms with Gasteiger partial charge in [0.05, 0.1) is 5.57 Å². The van der Waals surface area contributed by atoms with Crippen LogP contribution < -0.4 is 11.5 Å². The average Bonchev–Trinajstić information content (AvgIpc) is 2.04. The molecule has 5 nitrogen and oxygen atoms in total. The van der Waals surface area contributed by atoms with Gasteiger partial charge in [0.1, 0.15) is 0 Å². The van der Waals surface area contributed by atoms with Crippen molar-refractivity contribution in [3.8, 4) is 0 Å². The second-order valence-electron chi connectivity index (χ2n) is 1.79. The zero-order chi connectivity index (χ0) is 9.56. The maximum Gasteiger partial charge on any atom is 0.269 e. The number of hydrogen-bond acceptors (Lipinski definition) is 3. The first kappa shape index (κ1) is 10.1. The topological polar surface area (TPSA) is 98.5 Å². The van der Waals surface area contributed by atoms with E-state index in [-0.39, 0.29) is 5.57 Å². The Hall–Kier alpha value is -1.91. The molecule has 0 heterocycles. The van der Waals surface area contributed by atoms with Crippen LogP contribution in [-0.4, -0.2) is 18.0 Å². The van der Waals surface area contributed by atoms with E-state index in [1.165, 1.54) is 0 Å². The van der Waals surface area contributed by atoms with Crippen molar-refractivity contribution in [3.63, 3.8) is 0 Å². The molecule has 0 bridgehead atoms. The quantitative estimate of drug-likeness (QED) is 0.420. The van der Waals surface area contributed by atoms with Gasteiger partial charge in [-0.25, -0.2) is 4.99 Å². The molecule has 0 unspecified atom stereocenters. The fraction of sp³-hybridized carbons (Fsp3) is 0. The van der Waals surface area contributed by atoms with E-state index in [4.69, 9.17) is 11.5 Å². The van der Waals surface area contributed by atoms with Gasteiger partial charge in [-0.15, -0.1) is 0 Å². The minimum atomic E-state index is -0.738. The molecule has 5 heteroatoms. The Balaban J connectivity index is 4.42. The van der Waals surface area contributed by atoms with Crippen LogP contribution in [-0.2, 0) is 9.59 Å². The van der Waals surface area contributed by atoms with Crippen LogP contribution in [0.15, 0.2) is 29.4 Å². The number of nitrogens with zero attached hydrogens (tertiary/aromatic N) is 1. The number of nitrogens with two attached hydrogens (primary N) is 2. The Morgan fingerprint density at radius 2 is 2.00 bits per heavy atom. The number of carbonyl (C=O) groups is 2. The molecule has 0 saturated carbocycles. The average molecular weight is 167 g/mol. The lowest BCUT2D eigenvalue weighted by molar-refractivity contribution is -0.114. The van der Waals surface area contributed by atoms with Crippen LogP contribution >= 0.6 is 0 Å². The van der Waals surface area contributed by atoms with Crippen molar-refractivity contribution in [2.24, 2.45) is 16.5 Å². The van der Waals surface area contributed by atoms with E-state index in [2.05, 4.69) is 11.6 Å². The molecule has 0 aliphatic rings. The highest BCUT2D eigenvalue weighted by Crippen LogP contribution is 1.85. The molecule has 0 aromatic carbocycles. The summed E-state index contributed by atoms with van der Waals surface area (Å²) < 4.78 is 0. The van der Waals surface area contributed by atoms with Crippen molar-refractivity contribution in [2.75, 3.05) is 0 Å². The molecule has 64 valence electrons. The summed E-state index contributed by atoms with van der Waals surface area (Å²) in [5, 5.41) is 0. The van der Waals surface area contributed by atoms with Gasteiger partial charge >= 0.3 is 0 Å². The largest absolute Gasteiger partial charge is 0.404 e. The van der Waals surface area contributed by atoms with Gasteiger partial charge < -0.3 is 11.5 Å². The summed E-state index contributed by atoms with van der Waals surface area (Å²) in [5.74, 6) is -1.30. The number of hydrogen-bond donors (Lipinski definition) is 2. The van der Waals surface area contributed by atoms with Crippen molar-refractivity contribution in [3.05, 3.63) is 24.4 Å². The predicted octanol–water partition coefficient (Wildman–Crippen LogP) is -0.902. The van der Waals surface area contributed by atoms with E-state index < -0.39 is 11.8 Å². The normalized spacial score (nSPS) is 11.5. The first-order valence-electron chi connectivity index (χ1n) is 3.04. The van der Waals surface area contributed by atoms with E-state index in [1.807, 2.05) is 0 Å². The first-order valence-corrected chi connectivity index (χ1v) is 3.04. The molecular formula is C7H9N3O2. The third kappa shape index (κ3) is 3.31. The van der Waals surface area contributed by atoms with Gasteiger partial charge in [0.25, 0.3) is 11.8 Å². The highest BCUT2D eigenvalue weighted by Gasteiger charge is 1.99. The second kappa shape index (κ2) is 4.84. The number of primary amides is 1. The Kier molecular flexibility index (Phi) is 4.07. The van der Waals surface area contributed by atoms with E-state index in [0.717, 1.165) is 18.5 Å². The lowest BCUT2D eigenvalue weighted by Gasteiger charge is -1.90. The van der Waals surface area contributed by atoms with Gasteiger partial charge in [-0.3, -0.25) is 9.59 Å². The molecule has 0 rings (SSSR count). The Bertz CT molecular complexity index is 266. The summed E-state index contributed by atoms with van der Waals surface area (Å²) >= 11 is 0. The summed E-state index contributed by atoms with van der Waals surface area (Å²) in [7, 11) is 0. The fourth-order valence-corrected chi connectivity index (χ4v) is 0.375. The highest BCUT2D eigenvalue weighted by molar-refractivity contribution is 6.13. The van der Waals surface area contributed by atoms with Crippen LogP contribution in [0.3, 0.4) is 0 Å². The maximum absolute atomic E-state index is 10.5. The van der Waals surface area contributed by atoms with Crippen LogP contribution in [0.25, 0.3) is 0 Å². The van der Waals surface area contributed by atoms with Crippen LogP contribution in [0.2, 0.25) is 0 Å². The van der Waals surface area contributed by atoms with Gasteiger partial charge in [0, 0.05) is 12.4 Å². The summed E-state index contributed by atoms with van der Waals surface area (Å²) in [6.45, 7) is 3.18. The summed E-state index contributed by atoms with van der Waals surface area (Å²) in [6, 6.07) is 0. The van der Waals surface area contributed by atoms with Crippen LogP contribution in [0.5, 0.6) is 0 Å². The second-order valence-corrected chi connectivity index (χ2v) is 1.79. The van der Waals surface area contributed by atoms with E-state index in [0.29, 0.717) is 0 Å². The van der Waals surface area contributed by atoms with Crippen molar-refractivity contribution >= 4 is 18.0 Å². The van der Waals surface area contributed by atoms with Gasteiger partial charge in [-0.1, -0.05) is 6.58 Å². The van der Waals surface area contributed by atoms with Crippen LogP contribution in [0.4, 0.5) is 0 Å². The molecule has 0 radical (unpaired) electrons. The molecule has 0 aromatic heterocycles. The molecule has 0 aliphatic carbocycles. The number of amides is 2. The first-order chi connectivity index (χ1) is 5.61. The zero-order valence-corrected chi connectivity index (χ0v) is 6.36. The molecule has 0 saturated heterocycles. The molecule has 12 heavy (non-hydrogen) atoms. The summed E-state index contributed by atoms with van der Waals surface area (Å²) in [4.78, 5) is 24.3. The smallest absolute Gasteiger partial charge is 0.269 e. The molecular weight excluding hydrogens is 158 g/mol. The van der Waals surface area contributed by atoms with Crippen molar-refractivity contribution in [2.45, 2.75) is 0 Å². The van der Waals surface area contributed by atoms with Crippen LogP contribution in [0, 0.1) is 0 Å². The molecule has 0 atom stereocenters. The third-order valence-corrected chi connectivity index (χ3v) is 0.970. The summed E-state index contributed by atoms with van der Waals surface area (Å²) in [5.41, 5.74) is 9.85. The lowest BCUT2D eigenvalue weighted by atomic mass is 10.3. The van der Waals surface area contributed by atoms with Crippen molar-refractivity contribution in [1.82, 2.24) is 0 Å². The fourth-order valence-electron chi connectivity index (χ4n) is 0.375. The van der Waals surface area contributed by atoms with E-state index in [9.17, 15) is 9.59 Å². The van der Waals surface area contributed by atoms with Gasteiger partial charge in [-0.05, 0) is 6.08 Å². The SMILES string of the molecule is C=CC(=O)N=CC(=CN)C(N)=O. The highest BCUT2D eigenvalue weighted by atomic mass is 16.1. The maximum atomic E-state index is 10.5. The molecule has 0 spiro atoms. The minimum Gasteiger partial charge on any atom is -0.404 e. The molecule has 2 amide bonds. The van der Waals surface area contributed by atoms with Gasteiger partial charge in [0.2, 0.25) is 0 Å². The third-order valence-electron chi connectivity index (χ3n) is 0.970. The molecule has 0 aliphatic heterocycles. The van der Waals surface area contributed by atoms with Crippen molar-refractivity contribution in [1.29, 1.82) is 0 Å². The van der Waals surface area contributed by atoms with Gasteiger partial charge in [-0.2, -0.15) is 0 Å². The summed E-state index contributed by atoms with van der Waals surface area (Å²) in [6.07, 6.45) is 2.97. The molecule has 0 aromatic rings. The van der Waals surface area contributed by atoms with E-state index >= 15 is 0 Å². The van der Waals surface area contributed by atoms with E-state index in [1.54, 1.807) is 0 Å². The van der Waals surface area contributed by atoms with Crippen LogP contribution in [0.1, 0.15) is 0 Å². The predicted molar refractivity (Wildman–Crippen MR) is 45.2 cm³/mol. The Morgan fingerprint density at radius 3 is 2.33 bits per heavy atom. The Morgan fingerprint density at radius 1 is 1.42 bits per heavy atom. The molecule has 4 N–H and O–H groups in total. The molecule has 0 fully saturated rings. The number of carbonyl (C=O) groups excluding carboxylic acids is 2. The minimum absolute atomic E-state index is 0.0230. The monoisotopic (exact) mass is 167 g/mol. The number of rotatable bonds is 3. The van der Waals surface area contributed by atoms with Gasteiger partial charge in [0.15, 0.2) is 0 Å².